The minimum absolute atomic E-state index is 0.158. The summed E-state index contributed by atoms with van der Waals surface area (Å²) in [7, 11) is 0. The van der Waals surface area contributed by atoms with E-state index in [9.17, 15) is 4.79 Å². The van der Waals surface area contributed by atoms with Crippen LogP contribution in [0.3, 0.4) is 0 Å². The lowest BCUT2D eigenvalue weighted by molar-refractivity contribution is -0.152. The molecule has 6 aliphatic rings. The topological polar surface area (TPSA) is 17.1 Å². The van der Waals surface area contributed by atoms with Crippen molar-refractivity contribution in [3.8, 4) is 0 Å². The smallest absolute Gasteiger partial charge is 0.144 e. The highest BCUT2D eigenvalue weighted by molar-refractivity contribution is 5.90. The highest BCUT2D eigenvalue weighted by Crippen LogP contribution is 2.73. The molecule has 2 aromatic carbocycles. The summed E-state index contributed by atoms with van der Waals surface area (Å²) in [5, 5.41) is 0. The van der Waals surface area contributed by atoms with Crippen LogP contribution < -0.4 is 0 Å². The molecule has 0 heterocycles. The molecule has 8 rings (SSSR count). The first kappa shape index (κ1) is 20.3. The van der Waals surface area contributed by atoms with Crippen LogP contribution in [0.1, 0.15) is 74.3 Å². The van der Waals surface area contributed by atoms with Gasteiger partial charge in [0.05, 0.1) is 0 Å². The van der Waals surface area contributed by atoms with Gasteiger partial charge in [-0.15, -0.1) is 0 Å². The Morgan fingerprint density at radius 3 is 2.06 bits per heavy atom. The minimum atomic E-state index is 0.158. The molecule has 6 fully saturated rings. The van der Waals surface area contributed by atoms with Gasteiger partial charge in [-0.25, -0.2) is 0 Å². The van der Waals surface area contributed by atoms with Crippen LogP contribution in [0, 0.1) is 59.2 Å². The Morgan fingerprint density at radius 1 is 0.559 bits per heavy atom. The quantitative estimate of drug-likeness (QED) is 0.463. The van der Waals surface area contributed by atoms with Crippen LogP contribution in [0.5, 0.6) is 0 Å². The SMILES string of the molecule is O=C1C(c2ccccc2)C2CCC3CCCC4CC5C6CCC(c7ccccc7)C6C1C5C2C34. The molecule has 34 heavy (non-hydrogen) atoms. The molecule has 0 N–H and O–H groups in total. The number of fused-ring (bicyclic) bond motifs is 3. The monoisotopic (exact) mass is 450 g/mol. The molecule has 176 valence electrons. The van der Waals surface area contributed by atoms with Crippen molar-refractivity contribution >= 4 is 5.78 Å². The zero-order chi connectivity index (χ0) is 22.4. The number of carbonyl (C=O) groups excluding carboxylic acids is 1. The van der Waals surface area contributed by atoms with Crippen molar-refractivity contribution in [2.45, 2.75) is 63.2 Å². The molecule has 2 aromatic rings. The van der Waals surface area contributed by atoms with E-state index in [2.05, 4.69) is 60.7 Å². The van der Waals surface area contributed by atoms with Gasteiger partial charge in [-0.2, -0.15) is 0 Å². The van der Waals surface area contributed by atoms with Crippen LogP contribution in [0.25, 0.3) is 0 Å². The van der Waals surface area contributed by atoms with Crippen molar-refractivity contribution in [3.05, 3.63) is 71.8 Å². The van der Waals surface area contributed by atoms with Crippen molar-refractivity contribution in [1.82, 2.24) is 0 Å². The average molecular weight is 451 g/mol. The van der Waals surface area contributed by atoms with Crippen molar-refractivity contribution < 1.29 is 4.79 Å². The lowest BCUT2D eigenvalue weighted by Crippen LogP contribution is -2.57. The van der Waals surface area contributed by atoms with Crippen molar-refractivity contribution in [3.63, 3.8) is 0 Å². The summed E-state index contributed by atoms with van der Waals surface area (Å²) in [6, 6.07) is 22.3. The van der Waals surface area contributed by atoms with E-state index in [1.54, 1.807) is 0 Å². The number of Topliss-reactive ketones (excluding diaryl/α,β-unsaturated/α-hetero) is 1. The fraction of sp³-hybridized carbons (Fsp3) is 0.606. The highest BCUT2D eigenvalue weighted by Gasteiger charge is 2.69. The van der Waals surface area contributed by atoms with E-state index in [0.29, 0.717) is 35.4 Å². The lowest BCUT2D eigenvalue weighted by Gasteiger charge is -2.61. The molecule has 0 spiro atoms. The first-order chi connectivity index (χ1) is 16.8. The Labute approximate surface area is 204 Å². The zero-order valence-electron chi connectivity index (χ0n) is 20.3. The first-order valence-corrected chi connectivity index (χ1v) is 14.4. The van der Waals surface area contributed by atoms with E-state index in [-0.39, 0.29) is 5.92 Å². The van der Waals surface area contributed by atoms with Gasteiger partial charge in [-0.1, -0.05) is 79.9 Å². The number of benzene rings is 2. The third-order valence-corrected chi connectivity index (χ3v) is 12.2. The predicted molar refractivity (Wildman–Crippen MR) is 135 cm³/mol. The maximum Gasteiger partial charge on any atom is 0.144 e. The number of ketones is 1. The fourth-order valence-electron chi connectivity index (χ4n) is 11.5. The minimum Gasteiger partial charge on any atom is -0.299 e. The Morgan fingerprint density at radius 2 is 1.26 bits per heavy atom. The molecule has 1 nitrogen and oxygen atoms in total. The summed E-state index contributed by atoms with van der Waals surface area (Å²) in [5.74, 6) is 8.89. The molecule has 0 aliphatic heterocycles. The van der Waals surface area contributed by atoms with Crippen LogP contribution >= 0.6 is 0 Å². The molecule has 0 saturated heterocycles. The van der Waals surface area contributed by atoms with Gasteiger partial charge in [0.1, 0.15) is 5.78 Å². The van der Waals surface area contributed by atoms with Gasteiger partial charge >= 0.3 is 0 Å². The van der Waals surface area contributed by atoms with Crippen LogP contribution in [0.2, 0.25) is 0 Å². The second kappa shape index (κ2) is 7.55. The van der Waals surface area contributed by atoms with Crippen LogP contribution in [0.15, 0.2) is 60.7 Å². The van der Waals surface area contributed by atoms with Gasteiger partial charge in [0.25, 0.3) is 0 Å². The fourth-order valence-corrected chi connectivity index (χ4v) is 11.5. The Hall–Kier alpha value is -1.89. The molecule has 6 saturated carbocycles. The van der Waals surface area contributed by atoms with Crippen LogP contribution in [-0.2, 0) is 4.79 Å². The zero-order valence-corrected chi connectivity index (χ0v) is 20.3. The number of carbonyl (C=O) groups is 1. The molecule has 0 bridgehead atoms. The normalized spacial score (nSPS) is 48.3. The third-order valence-electron chi connectivity index (χ3n) is 12.2. The molecule has 0 radical (unpaired) electrons. The van der Waals surface area contributed by atoms with Crippen LogP contribution in [-0.4, -0.2) is 5.78 Å². The molecular weight excluding hydrogens is 412 g/mol. The van der Waals surface area contributed by atoms with E-state index < -0.39 is 0 Å². The summed E-state index contributed by atoms with van der Waals surface area (Å²) in [6.07, 6.45) is 11.2. The van der Waals surface area contributed by atoms with Crippen molar-refractivity contribution in [1.29, 1.82) is 0 Å². The summed E-state index contributed by atoms with van der Waals surface area (Å²) in [5.41, 5.74) is 2.85. The van der Waals surface area contributed by atoms with E-state index in [1.165, 1.54) is 62.5 Å². The third kappa shape index (κ3) is 2.65. The summed E-state index contributed by atoms with van der Waals surface area (Å²) in [4.78, 5) is 14.7. The highest BCUT2D eigenvalue weighted by atomic mass is 16.1. The Balaban J connectivity index is 1.28. The van der Waals surface area contributed by atoms with E-state index in [4.69, 9.17) is 0 Å². The van der Waals surface area contributed by atoms with E-state index >= 15 is 0 Å². The summed E-state index contributed by atoms with van der Waals surface area (Å²) < 4.78 is 0. The maximum absolute atomic E-state index is 14.7. The van der Waals surface area contributed by atoms with Crippen LogP contribution in [0.4, 0.5) is 0 Å². The van der Waals surface area contributed by atoms with Crippen molar-refractivity contribution in [2.75, 3.05) is 0 Å². The molecule has 12 unspecified atom stereocenters. The largest absolute Gasteiger partial charge is 0.299 e. The van der Waals surface area contributed by atoms with E-state index in [1.807, 2.05) is 0 Å². The first-order valence-electron chi connectivity index (χ1n) is 14.4. The number of hydrogen-bond acceptors (Lipinski definition) is 1. The van der Waals surface area contributed by atoms with Crippen molar-refractivity contribution in [2.24, 2.45) is 59.2 Å². The predicted octanol–water partition coefficient (Wildman–Crippen LogP) is 7.49. The maximum atomic E-state index is 14.7. The second-order valence-electron chi connectivity index (χ2n) is 13.0. The standard InChI is InChI=1S/C33H38O/c34-33-28(20-10-5-2-6-11-20)25-15-14-21-12-7-13-22-18-26-24-17-16-23(19-8-3-1-4-9-19)29(24)32(33)31(26)30(25)27(21)22/h1-6,8-11,21-32H,7,12-18H2. The molecule has 12 atom stereocenters. The molecule has 0 amide bonds. The Kier molecular flexibility index (Phi) is 4.51. The molecule has 1 heteroatoms. The van der Waals surface area contributed by atoms with Gasteiger partial charge in [0.2, 0.25) is 0 Å². The second-order valence-corrected chi connectivity index (χ2v) is 13.0. The molecule has 0 aromatic heterocycles. The van der Waals surface area contributed by atoms with Gasteiger partial charge in [-0.3, -0.25) is 4.79 Å². The number of rotatable bonds is 2. The lowest BCUT2D eigenvalue weighted by atomic mass is 9.43. The molecular formula is C33H38O. The average Bonchev–Trinajstić information content (AvgIpc) is 3.45. The molecule has 6 aliphatic carbocycles. The van der Waals surface area contributed by atoms with Gasteiger partial charge in [0, 0.05) is 11.8 Å². The van der Waals surface area contributed by atoms with Gasteiger partial charge in [0.15, 0.2) is 0 Å². The van der Waals surface area contributed by atoms with E-state index in [0.717, 1.165) is 35.5 Å². The Bertz CT molecular complexity index is 1070. The number of hydrogen-bond donors (Lipinski definition) is 0. The summed E-state index contributed by atoms with van der Waals surface area (Å²) in [6.45, 7) is 0. The van der Waals surface area contributed by atoms with Gasteiger partial charge in [-0.05, 0) is 102 Å². The van der Waals surface area contributed by atoms with Gasteiger partial charge < -0.3 is 0 Å². The summed E-state index contributed by atoms with van der Waals surface area (Å²) >= 11 is 0.